The first-order valence-corrected chi connectivity index (χ1v) is 7.67. The Morgan fingerprint density at radius 3 is 2.90 bits per heavy atom. The monoisotopic (exact) mass is 333 g/mol. The van der Waals surface area contributed by atoms with Crippen LogP contribution in [0.4, 0.5) is 5.69 Å². The van der Waals surface area contributed by atoms with E-state index in [4.69, 9.17) is 5.73 Å². The minimum absolute atomic E-state index is 0.249. The number of nitrogens with two attached hydrogens (primary N) is 1. The van der Waals surface area contributed by atoms with Gasteiger partial charge in [0.25, 0.3) is 0 Å². The molecule has 1 atom stereocenters. The summed E-state index contributed by atoms with van der Waals surface area (Å²) < 4.78 is 1.09. The van der Waals surface area contributed by atoms with Crippen LogP contribution in [0.3, 0.4) is 0 Å². The maximum Gasteiger partial charge on any atom is 0.0378 e. The van der Waals surface area contributed by atoms with Crippen molar-refractivity contribution in [2.75, 3.05) is 12.3 Å². The number of pyridine rings is 1. The van der Waals surface area contributed by atoms with Crippen molar-refractivity contribution in [2.45, 2.75) is 25.8 Å². The van der Waals surface area contributed by atoms with Crippen molar-refractivity contribution < 1.29 is 0 Å². The predicted octanol–water partition coefficient (Wildman–Crippen LogP) is 3.71. The molecule has 0 saturated heterocycles. The molecule has 20 heavy (non-hydrogen) atoms. The number of rotatable bonds is 6. The van der Waals surface area contributed by atoms with Gasteiger partial charge in [0.2, 0.25) is 0 Å². The highest BCUT2D eigenvalue weighted by Crippen LogP contribution is 2.23. The lowest BCUT2D eigenvalue weighted by Gasteiger charge is -2.20. The number of aromatic nitrogens is 1. The van der Waals surface area contributed by atoms with Crippen molar-refractivity contribution in [2.24, 2.45) is 0 Å². The van der Waals surface area contributed by atoms with Gasteiger partial charge in [-0.3, -0.25) is 4.98 Å². The minimum atomic E-state index is 0.249. The molecule has 2 rings (SSSR count). The number of hydrogen-bond acceptors (Lipinski definition) is 3. The Balaban J connectivity index is 2.21. The lowest BCUT2D eigenvalue weighted by Crippen LogP contribution is -2.24. The number of hydrogen-bond donors (Lipinski definition) is 2. The van der Waals surface area contributed by atoms with Gasteiger partial charge in [0.1, 0.15) is 0 Å². The average molecular weight is 334 g/mol. The Bertz CT molecular complexity index is 557. The van der Waals surface area contributed by atoms with Gasteiger partial charge in [-0.15, -0.1) is 0 Å². The molecule has 0 aliphatic rings. The van der Waals surface area contributed by atoms with Gasteiger partial charge in [0.15, 0.2) is 0 Å². The van der Waals surface area contributed by atoms with Crippen molar-refractivity contribution in [1.82, 2.24) is 10.3 Å². The van der Waals surface area contributed by atoms with Crippen LogP contribution < -0.4 is 11.1 Å². The first-order chi connectivity index (χ1) is 9.70. The Kier molecular flexibility index (Phi) is 5.56. The summed E-state index contributed by atoms with van der Waals surface area (Å²) in [5.41, 5.74) is 9.18. The highest BCUT2D eigenvalue weighted by Gasteiger charge is 2.13. The van der Waals surface area contributed by atoms with Crippen LogP contribution in [-0.2, 0) is 6.42 Å². The first kappa shape index (κ1) is 15.0. The van der Waals surface area contributed by atoms with E-state index < -0.39 is 0 Å². The Morgan fingerprint density at radius 2 is 2.20 bits per heavy atom. The van der Waals surface area contributed by atoms with Crippen LogP contribution in [0.5, 0.6) is 0 Å². The molecular weight excluding hydrogens is 314 g/mol. The second-order valence-electron chi connectivity index (χ2n) is 4.84. The molecule has 1 aromatic carbocycles. The molecule has 0 saturated carbocycles. The highest BCUT2D eigenvalue weighted by atomic mass is 79.9. The van der Waals surface area contributed by atoms with E-state index >= 15 is 0 Å². The molecule has 0 fully saturated rings. The lowest BCUT2D eigenvalue weighted by atomic mass is 9.99. The van der Waals surface area contributed by atoms with E-state index in [2.05, 4.69) is 51.4 Å². The highest BCUT2D eigenvalue weighted by molar-refractivity contribution is 9.10. The lowest BCUT2D eigenvalue weighted by molar-refractivity contribution is 0.529. The normalized spacial score (nSPS) is 12.3. The van der Waals surface area contributed by atoms with Crippen LogP contribution in [-0.4, -0.2) is 11.5 Å². The molecule has 1 aromatic heterocycles. The molecule has 0 aliphatic heterocycles. The van der Waals surface area contributed by atoms with Crippen LogP contribution in [0.1, 0.15) is 30.5 Å². The van der Waals surface area contributed by atoms with E-state index in [1.165, 1.54) is 5.56 Å². The first-order valence-electron chi connectivity index (χ1n) is 6.88. The average Bonchev–Trinajstić information content (AvgIpc) is 2.45. The van der Waals surface area contributed by atoms with Crippen molar-refractivity contribution in [3.05, 3.63) is 58.3 Å². The molecule has 2 aromatic rings. The fourth-order valence-electron chi connectivity index (χ4n) is 2.18. The van der Waals surface area contributed by atoms with Gasteiger partial charge in [-0.25, -0.2) is 0 Å². The fourth-order valence-corrected chi connectivity index (χ4v) is 2.60. The number of nitrogens with one attached hydrogen (secondary N) is 1. The molecule has 4 heteroatoms. The number of nitrogen functional groups attached to an aromatic ring is 1. The molecule has 1 heterocycles. The van der Waals surface area contributed by atoms with E-state index in [9.17, 15) is 0 Å². The van der Waals surface area contributed by atoms with Crippen molar-refractivity contribution in [3.8, 4) is 0 Å². The molecule has 0 amide bonds. The van der Waals surface area contributed by atoms with Gasteiger partial charge < -0.3 is 11.1 Å². The Hall–Kier alpha value is -1.39. The summed E-state index contributed by atoms with van der Waals surface area (Å²) in [6, 6.07) is 10.5. The predicted molar refractivity (Wildman–Crippen MR) is 87.5 cm³/mol. The van der Waals surface area contributed by atoms with Gasteiger partial charge in [-0.2, -0.15) is 0 Å². The standard InChI is InChI=1S/C16H20BrN3/c1-2-7-20-16(12-4-3-5-14(17)9-12)10-13-11-19-8-6-15(13)18/h3-6,8-9,11,16,20H,2,7,10H2,1H3,(H2,18,19). The fraction of sp³-hybridized carbons (Fsp3) is 0.312. The van der Waals surface area contributed by atoms with Gasteiger partial charge in [0, 0.05) is 28.6 Å². The third kappa shape index (κ3) is 4.05. The van der Waals surface area contributed by atoms with Crippen LogP contribution >= 0.6 is 15.9 Å². The summed E-state index contributed by atoms with van der Waals surface area (Å²) in [7, 11) is 0. The zero-order chi connectivity index (χ0) is 14.4. The summed E-state index contributed by atoms with van der Waals surface area (Å²) in [4.78, 5) is 4.17. The Morgan fingerprint density at radius 1 is 1.35 bits per heavy atom. The van der Waals surface area contributed by atoms with Gasteiger partial charge >= 0.3 is 0 Å². The van der Waals surface area contributed by atoms with Crippen LogP contribution in [0, 0.1) is 0 Å². The zero-order valence-corrected chi connectivity index (χ0v) is 13.2. The molecule has 0 spiro atoms. The summed E-state index contributed by atoms with van der Waals surface area (Å²) in [5, 5.41) is 3.58. The molecule has 0 bridgehead atoms. The molecular formula is C16H20BrN3. The number of halogens is 1. The van der Waals surface area contributed by atoms with Crippen LogP contribution in [0.2, 0.25) is 0 Å². The Labute approximate surface area is 128 Å². The molecule has 3 N–H and O–H groups in total. The topological polar surface area (TPSA) is 50.9 Å². The van der Waals surface area contributed by atoms with Crippen molar-refractivity contribution >= 4 is 21.6 Å². The zero-order valence-electron chi connectivity index (χ0n) is 11.6. The molecule has 1 unspecified atom stereocenters. The van der Waals surface area contributed by atoms with E-state index in [1.807, 2.05) is 18.3 Å². The third-order valence-corrected chi connectivity index (χ3v) is 3.75. The third-order valence-electron chi connectivity index (χ3n) is 3.26. The quantitative estimate of drug-likeness (QED) is 0.847. The number of nitrogens with zero attached hydrogens (tertiary/aromatic N) is 1. The van der Waals surface area contributed by atoms with E-state index in [0.29, 0.717) is 0 Å². The smallest absolute Gasteiger partial charge is 0.0378 e. The van der Waals surface area contributed by atoms with Crippen molar-refractivity contribution in [3.63, 3.8) is 0 Å². The largest absolute Gasteiger partial charge is 0.398 e. The van der Waals surface area contributed by atoms with Gasteiger partial charge in [-0.05, 0) is 48.7 Å². The second-order valence-corrected chi connectivity index (χ2v) is 5.76. The summed E-state index contributed by atoms with van der Waals surface area (Å²) in [6.45, 7) is 3.15. The van der Waals surface area contributed by atoms with E-state index in [1.54, 1.807) is 6.20 Å². The van der Waals surface area contributed by atoms with Crippen LogP contribution in [0.15, 0.2) is 47.2 Å². The second kappa shape index (κ2) is 7.41. The molecule has 3 nitrogen and oxygen atoms in total. The number of benzene rings is 1. The summed E-state index contributed by atoms with van der Waals surface area (Å²) in [6.07, 6.45) is 5.53. The van der Waals surface area contributed by atoms with Crippen molar-refractivity contribution in [1.29, 1.82) is 0 Å². The van der Waals surface area contributed by atoms with Gasteiger partial charge in [0.05, 0.1) is 0 Å². The molecule has 0 aliphatic carbocycles. The molecule has 0 radical (unpaired) electrons. The maximum atomic E-state index is 6.03. The maximum absolute atomic E-state index is 6.03. The van der Waals surface area contributed by atoms with E-state index in [-0.39, 0.29) is 6.04 Å². The van der Waals surface area contributed by atoms with Crippen LogP contribution in [0.25, 0.3) is 0 Å². The van der Waals surface area contributed by atoms with E-state index in [0.717, 1.165) is 35.1 Å². The minimum Gasteiger partial charge on any atom is -0.398 e. The summed E-state index contributed by atoms with van der Waals surface area (Å²) >= 11 is 3.53. The molecule has 106 valence electrons. The SMILES string of the molecule is CCCNC(Cc1cnccc1N)c1cccc(Br)c1. The summed E-state index contributed by atoms with van der Waals surface area (Å²) in [5.74, 6) is 0. The number of anilines is 1. The van der Waals surface area contributed by atoms with Gasteiger partial charge in [-0.1, -0.05) is 35.0 Å².